The highest BCUT2D eigenvalue weighted by Gasteiger charge is 2.27. The minimum Gasteiger partial charge on any atom is -0.360 e. The first kappa shape index (κ1) is 19.1. The van der Waals surface area contributed by atoms with Crippen LogP contribution in [0.4, 0.5) is 5.69 Å². The summed E-state index contributed by atoms with van der Waals surface area (Å²) in [6.45, 7) is 7.17. The summed E-state index contributed by atoms with van der Waals surface area (Å²) in [5.41, 5.74) is 3.44. The fraction of sp³-hybridized carbons (Fsp3) is 0.588. The van der Waals surface area contributed by atoms with Crippen molar-refractivity contribution in [3.8, 4) is 0 Å². The largest absolute Gasteiger partial charge is 0.360 e. The van der Waals surface area contributed by atoms with Gasteiger partial charge in [-0.2, -0.15) is 0 Å². The number of rotatable bonds is 5. The van der Waals surface area contributed by atoms with Crippen molar-refractivity contribution in [3.05, 3.63) is 29.3 Å². The predicted octanol–water partition coefficient (Wildman–Crippen LogP) is 2.79. The Morgan fingerprint density at radius 2 is 1.92 bits per heavy atom. The van der Waals surface area contributed by atoms with Crippen molar-refractivity contribution in [2.75, 3.05) is 24.2 Å². The number of sulfonamides is 1. The first-order valence-corrected chi connectivity index (χ1v) is 10.5. The number of anilines is 1. The second-order valence-corrected chi connectivity index (χ2v) is 8.88. The normalized spacial score (nSPS) is 16.8. The summed E-state index contributed by atoms with van der Waals surface area (Å²) in [4.78, 5) is 0. The van der Waals surface area contributed by atoms with E-state index < -0.39 is 10.0 Å². The average Bonchev–Trinajstić information content (AvgIpc) is 2.51. The maximum absolute atomic E-state index is 12.1. The summed E-state index contributed by atoms with van der Waals surface area (Å²) in [6, 6.07) is 6.36. The van der Waals surface area contributed by atoms with E-state index in [-0.39, 0.29) is 11.8 Å². The lowest BCUT2D eigenvalue weighted by atomic mass is 10.1. The van der Waals surface area contributed by atoms with Crippen LogP contribution in [0.25, 0.3) is 0 Å². The molecular weight excluding hydrogens is 342 g/mol. The lowest BCUT2D eigenvalue weighted by Crippen LogP contribution is -2.47. The molecule has 0 aromatic heterocycles. The van der Waals surface area contributed by atoms with Crippen molar-refractivity contribution < 1.29 is 8.42 Å². The Kier molecular flexibility index (Phi) is 6.60. The van der Waals surface area contributed by atoms with Crippen LogP contribution in [0.2, 0.25) is 0 Å². The molecule has 0 unspecified atom stereocenters. The monoisotopic (exact) mass is 369 g/mol. The number of aryl methyl sites for hydroxylation is 2. The Bertz CT molecular complexity index is 681. The SMILES string of the molecule is CCCS(=O)(=O)N1CCC(NC(=S)Nc2ccc(C)c(C)c2)CC1. The number of hydrogen-bond donors (Lipinski definition) is 2. The summed E-state index contributed by atoms with van der Waals surface area (Å²) >= 11 is 5.38. The fourth-order valence-corrected chi connectivity index (χ4v) is 4.66. The number of nitrogens with zero attached hydrogens (tertiary/aromatic N) is 1. The molecule has 0 aliphatic carbocycles. The number of piperidine rings is 1. The fourth-order valence-electron chi connectivity index (χ4n) is 2.84. The van der Waals surface area contributed by atoms with Crippen LogP contribution in [0.1, 0.15) is 37.3 Å². The van der Waals surface area contributed by atoms with E-state index in [2.05, 4.69) is 36.6 Å². The molecule has 1 fully saturated rings. The Balaban J connectivity index is 1.83. The van der Waals surface area contributed by atoms with Crippen molar-refractivity contribution in [2.45, 2.75) is 46.1 Å². The molecule has 0 bridgehead atoms. The lowest BCUT2D eigenvalue weighted by Gasteiger charge is -2.32. The third-order valence-electron chi connectivity index (χ3n) is 4.41. The first-order valence-electron chi connectivity index (χ1n) is 8.44. The van der Waals surface area contributed by atoms with E-state index >= 15 is 0 Å². The van der Waals surface area contributed by atoms with Crippen LogP contribution in [0, 0.1) is 13.8 Å². The molecule has 1 aliphatic heterocycles. The zero-order valence-electron chi connectivity index (χ0n) is 14.6. The third kappa shape index (κ3) is 5.16. The van der Waals surface area contributed by atoms with Crippen molar-refractivity contribution in [1.29, 1.82) is 0 Å². The summed E-state index contributed by atoms with van der Waals surface area (Å²) in [6.07, 6.45) is 2.21. The van der Waals surface area contributed by atoms with Gasteiger partial charge >= 0.3 is 0 Å². The molecule has 1 aromatic carbocycles. The maximum Gasteiger partial charge on any atom is 0.214 e. The van der Waals surface area contributed by atoms with Crippen LogP contribution in [-0.2, 0) is 10.0 Å². The van der Waals surface area contributed by atoms with Crippen LogP contribution < -0.4 is 10.6 Å². The van der Waals surface area contributed by atoms with Crippen molar-refractivity contribution in [1.82, 2.24) is 9.62 Å². The van der Waals surface area contributed by atoms with Gasteiger partial charge in [0, 0.05) is 24.8 Å². The predicted molar refractivity (Wildman–Crippen MR) is 104 cm³/mol. The van der Waals surface area contributed by atoms with Gasteiger partial charge in [-0.1, -0.05) is 13.0 Å². The van der Waals surface area contributed by atoms with Gasteiger partial charge in [0.1, 0.15) is 0 Å². The van der Waals surface area contributed by atoms with Gasteiger partial charge in [0.05, 0.1) is 5.75 Å². The van der Waals surface area contributed by atoms with E-state index in [0.717, 1.165) is 18.5 Å². The molecule has 0 amide bonds. The molecular formula is C17H27N3O2S2. The van der Waals surface area contributed by atoms with Crippen molar-refractivity contribution in [3.63, 3.8) is 0 Å². The average molecular weight is 370 g/mol. The quantitative estimate of drug-likeness (QED) is 0.782. The minimum absolute atomic E-state index is 0.213. The van der Waals surface area contributed by atoms with Gasteiger partial charge < -0.3 is 10.6 Å². The summed E-state index contributed by atoms with van der Waals surface area (Å²) in [7, 11) is -3.09. The van der Waals surface area contributed by atoms with Gasteiger partial charge in [-0.05, 0) is 68.6 Å². The molecule has 5 nitrogen and oxygen atoms in total. The Morgan fingerprint density at radius 3 is 2.50 bits per heavy atom. The van der Waals surface area contributed by atoms with Crippen molar-refractivity contribution in [2.24, 2.45) is 0 Å². The van der Waals surface area contributed by atoms with E-state index in [1.165, 1.54) is 11.1 Å². The molecule has 1 aliphatic rings. The van der Waals surface area contributed by atoms with E-state index in [1.807, 2.05) is 13.0 Å². The topological polar surface area (TPSA) is 61.4 Å². The highest BCUT2D eigenvalue weighted by molar-refractivity contribution is 7.89. The summed E-state index contributed by atoms with van der Waals surface area (Å²) in [5, 5.41) is 7.10. The number of nitrogens with one attached hydrogen (secondary N) is 2. The molecule has 7 heteroatoms. The van der Waals surface area contributed by atoms with Crippen LogP contribution in [0.3, 0.4) is 0 Å². The molecule has 1 heterocycles. The minimum atomic E-state index is -3.09. The Morgan fingerprint density at radius 1 is 1.25 bits per heavy atom. The zero-order valence-corrected chi connectivity index (χ0v) is 16.3. The Labute approximate surface area is 150 Å². The number of thiocarbonyl (C=S) groups is 1. The van der Waals surface area contributed by atoms with E-state index in [1.54, 1.807) is 4.31 Å². The molecule has 2 N–H and O–H groups in total. The zero-order chi connectivity index (χ0) is 17.7. The molecule has 0 atom stereocenters. The highest BCUT2D eigenvalue weighted by atomic mass is 32.2. The molecule has 2 rings (SSSR count). The molecule has 0 saturated carbocycles. The Hall–Kier alpha value is -1.18. The summed E-state index contributed by atoms with van der Waals surface area (Å²) < 4.78 is 25.8. The van der Waals surface area contributed by atoms with Crippen LogP contribution in [0.5, 0.6) is 0 Å². The van der Waals surface area contributed by atoms with Gasteiger partial charge in [0.25, 0.3) is 0 Å². The third-order valence-corrected chi connectivity index (χ3v) is 6.71. The molecule has 134 valence electrons. The number of hydrogen-bond acceptors (Lipinski definition) is 3. The van der Waals surface area contributed by atoms with Gasteiger partial charge in [0.15, 0.2) is 5.11 Å². The second-order valence-electron chi connectivity index (χ2n) is 6.39. The first-order chi connectivity index (χ1) is 11.3. The van der Waals surface area contributed by atoms with Crippen LogP contribution >= 0.6 is 12.2 Å². The smallest absolute Gasteiger partial charge is 0.214 e. The molecule has 24 heavy (non-hydrogen) atoms. The van der Waals surface area contributed by atoms with Gasteiger partial charge in [-0.15, -0.1) is 0 Å². The second kappa shape index (κ2) is 8.27. The lowest BCUT2D eigenvalue weighted by molar-refractivity contribution is 0.308. The summed E-state index contributed by atoms with van der Waals surface area (Å²) in [5.74, 6) is 0.234. The molecule has 0 spiro atoms. The number of benzene rings is 1. The standard InChI is InChI=1S/C17H27N3O2S2/c1-4-11-24(21,22)20-9-7-15(8-10-20)18-17(23)19-16-6-5-13(2)14(3)12-16/h5-6,12,15H,4,7-11H2,1-3H3,(H2,18,19,23). The van der Waals surface area contributed by atoms with Crippen LogP contribution in [-0.4, -0.2) is 42.7 Å². The van der Waals surface area contributed by atoms with E-state index in [0.29, 0.717) is 24.6 Å². The molecule has 1 saturated heterocycles. The maximum atomic E-state index is 12.1. The molecule has 0 radical (unpaired) electrons. The van der Waals surface area contributed by atoms with E-state index in [4.69, 9.17) is 12.2 Å². The van der Waals surface area contributed by atoms with E-state index in [9.17, 15) is 8.42 Å². The highest BCUT2D eigenvalue weighted by Crippen LogP contribution is 2.17. The van der Waals surface area contributed by atoms with Gasteiger partial charge in [-0.25, -0.2) is 12.7 Å². The van der Waals surface area contributed by atoms with Gasteiger partial charge in [-0.3, -0.25) is 0 Å². The van der Waals surface area contributed by atoms with Crippen molar-refractivity contribution >= 4 is 33.0 Å². The van der Waals surface area contributed by atoms with Gasteiger partial charge in [0.2, 0.25) is 10.0 Å². The van der Waals surface area contributed by atoms with Crippen LogP contribution in [0.15, 0.2) is 18.2 Å². The molecule has 1 aromatic rings.